The van der Waals surface area contributed by atoms with Crippen molar-refractivity contribution in [1.29, 1.82) is 0 Å². The molecule has 3 nitrogen and oxygen atoms in total. The maximum absolute atomic E-state index is 13.0. The van der Waals surface area contributed by atoms with E-state index in [2.05, 4.69) is 10.2 Å². The molecular weight excluding hydrogens is 241 g/mol. The number of hydrogen-bond acceptors (Lipinski definition) is 2. The molecule has 94 valence electrons. The summed E-state index contributed by atoms with van der Waals surface area (Å²) in [4.78, 5) is 0. The number of aromatic nitrogens is 2. The first-order valence-electron chi connectivity index (χ1n) is 5.91. The van der Waals surface area contributed by atoms with Crippen LogP contribution in [0.5, 0.6) is 0 Å². The summed E-state index contributed by atoms with van der Waals surface area (Å²) in [6.45, 7) is 0. The number of H-pyrrole nitrogens is 1. The van der Waals surface area contributed by atoms with E-state index in [0.717, 1.165) is 22.4 Å². The summed E-state index contributed by atoms with van der Waals surface area (Å²) in [5, 5.41) is 6.99. The van der Waals surface area contributed by atoms with Crippen LogP contribution in [0.2, 0.25) is 0 Å². The number of nitrogens with one attached hydrogen (secondary N) is 1. The number of benzene rings is 2. The molecule has 1 heterocycles. The van der Waals surface area contributed by atoms with Crippen molar-refractivity contribution in [3.63, 3.8) is 0 Å². The molecule has 0 unspecified atom stereocenters. The third-order valence-corrected chi connectivity index (χ3v) is 2.99. The van der Waals surface area contributed by atoms with Gasteiger partial charge in [-0.25, -0.2) is 4.39 Å². The molecule has 19 heavy (non-hydrogen) atoms. The van der Waals surface area contributed by atoms with E-state index in [1.807, 2.05) is 30.3 Å². The lowest BCUT2D eigenvalue weighted by atomic mass is 10.0. The standard InChI is InChI=1S/C15H12FN3/c16-12-8-6-10(7-9-12)13-14(18-19-15(13)17)11-4-2-1-3-5-11/h1-9H,(H3,17,18,19). The zero-order valence-corrected chi connectivity index (χ0v) is 10.1. The Labute approximate surface area is 109 Å². The number of rotatable bonds is 2. The van der Waals surface area contributed by atoms with Gasteiger partial charge in [0.2, 0.25) is 0 Å². The highest BCUT2D eigenvalue weighted by Gasteiger charge is 2.14. The van der Waals surface area contributed by atoms with Crippen LogP contribution in [0.4, 0.5) is 10.2 Å². The van der Waals surface area contributed by atoms with Gasteiger partial charge in [-0.1, -0.05) is 42.5 Å². The molecular formula is C15H12FN3. The van der Waals surface area contributed by atoms with Gasteiger partial charge in [0.05, 0.1) is 11.3 Å². The van der Waals surface area contributed by atoms with Gasteiger partial charge in [-0.3, -0.25) is 5.10 Å². The van der Waals surface area contributed by atoms with Crippen molar-refractivity contribution in [2.24, 2.45) is 0 Å². The fourth-order valence-corrected chi connectivity index (χ4v) is 2.08. The quantitative estimate of drug-likeness (QED) is 0.734. The molecule has 3 N–H and O–H groups in total. The van der Waals surface area contributed by atoms with Gasteiger partial charge in [0.25, 0.3) is 0 Å². The second kappa shape index (κ2) is 4.57. The molecule has 4 heteroatoms. The molecule has 0 saturated heterocycles. The number of hydrogen-bond donors (Lipinski definition) is 2. The molecule has 2 aromatic carbocycles. The van der Waals surface area contributed by atoms with Crippen LogP contribution in [-0.4, -0.2) is 10.2 Å². The number of nitrogen functional groups attached to an aromatic ring is 1. The average molecular weight is 253 g/mol. The average Bonchev–Trinajstić information content (AvgIpc) is 2.83. The number of anilines is 1. The van der Waals surface area contributed by atoms with E-state index >= 15 is 0 Å². The van der Waals surface area contributed by atoms with Crippen molar-refractivity contribution in [1.82, 2.24) is 10.2 Å². The molecule has 1 aromatic heterocycles. The normalized spacial score (nSPS) is 10.6. The van der Waals surface area contributed by atoms with E-state index in [1.165, 1.54) is 12.1 Å². The van der Waals surface area contributed by atoms with Gasteiger partial charge in [-0.05, 0) is 17.7 Å². The van der Waals surface area contributed by atoms with Crippen molar-refractivity contribution in [3.05, 3.63) is 60.4 Å². The number of halogens is 1. The zero-order valence-electron chi connectivity index (χ0n) is 10.1. The van der Waals surface area contributed by atoms with Gasteiger partial charge in [0, 0.05) is 5.56 Å². The number of aromatic amines is 1. The smallest absolute Gasteiger partial charge is 0.153 e. The summed E-state index contributed by atoms with van der Waals surface area (Å²) in [6.07, 6.45) is 0. The lowest BCUT2D eigenvalue weighted by Gasteiger charge is -2.04. The molecule has 0 spiro atoms. The Hall–Kier alpha value is -2.62. The van der Waals surface area contributed by atoms with E-state index in [9.17, 15) is 4.39 Å². The van der Waals surface area contributed by atoms with Gasteiger partial charge in [-0.2, -0.15) is 5.10 Å². The van der Waals surface area contributed by atoms with Crippen LogP contribution in [0.1, 0.15) is 0 Å². The predicted octanol–water partition coefficient (Wildman–Crippen LogP) is 3.47. The van der Waals surface area contributed by atoms with Crippen LogP contribution in [0.3, 0.4) is 0 Å². The predicted molar refractivity (Wildman–Crippen MR) is 73.8 cm³/mol. The van der Waals surface area contributed by atoms with E-state index in [4.69, 9.17) is 5.73 Å². The lowest BCUT2D eigenvalue weighted by Crippen LogP contribution is -1.89. The van der Waals surface area contributed by atoms with Gasteiger partial charge in [0.1, 0.15) is 5.82 Å². The summed E-state index contributed by atoms with van der Waals surface area (Å²) >= 11 is 0. The van der Waals surface area contributed by atoms with E-state index in [0.29, 0.717) is 5.82 Å². The fourth-order valence-electron chi connectivity index (χ4n) is 2.08. The second-order valence-electron chi connectivity index (χ2n) is 4.23. The third kappa shape index (κ3) is 2.08. The maximum Gasteiger partial charge on any atom is 0.153 e. The Morgan fingerprint density at radius 1 is 0.895 bits per heavy atom. The van der Waals surface area contributed by atoms with Crippen LogP contribution in [0.15, 0.2) is 54.6 Å². The molecule has 0 amide bonds. The minimum Gasteiger partial charge on any atom is -0.382 e. The van der Waals surface area contributed by atoms with Crippen molar-refractivity contribution >= 4 is 5.82 Å². The molecule has 3 aromatic rings. The summed E-state index contributed by atoms with van der Waals surface area (Å²) in [5.41, 5.74) is 9.38. The summed E-state index contributed by atoms with van der Waals surface area (Å²) in [7, 11) is 0. The maximum atomic E-state index is 13.0. The van der Waals surface area contributed by atoms with Gasteiger partial charge >= 0.3 is 0 Å². The Morgan fingerprint density at radius 3 is 2.26 bits per heavy atom. The van der Waals surface area contributed by atoms with Gasteiger partial charge < -0.3 is 5.73 Å². The third-order valence-electron chi connectivity index (χ3n) is 2.99. The molecule has 0 atom stereocenters. The number of nitrogens with zero attached hydrogens (tertiary/aromatic N) is 1. The van der Waals surface area contributed by atoms with Crippen molar-refractivity contribution in [2.45, 2.75) is 0 Å². The summed E-state index contributed by atoms with van der Waals surface area (Å²) < 4.78 is 13.0. The molecule has 0 aliphatic carbocycles. The van der Waals surface area contributed by atoms with E-state index < -0.39 is 0 Å². The zero-order chi connectivity index (χ0) is 13.2. The van der Waals surface area contributed by atoms with Crippen LogP contribution >= 0.6 is 0 Å². The minimum absolute atomic E-state index is 0.271. The Balaban J connectivity index is 2.17. The first-order chi connectivity index (χ1) is 9.25. The van der Waals surface area contributed by atoms with Crippen LogP contribution in [0.25, 0.3) is 22.4 Å². The highest BCUT2D eigenvalue weighted by Crippen LogP contribution is 2.34. The topological polar surface area (TPSA) is 54.7 Å². The largest absolute Gasteiger partial charge is 0.382 e. The Morgan fingerprint density at radius 2 is 1.58 bits per heavy atom. The van der Waals surface area contributed by atoms with Crippen molar-refractivity contribution < 1.29 is 4.39 Å². The first-order valence-corrected chi connectivity index (χ1v) is 5.91. The second-order valence-corrected chi connectivity index (χ2v) is 4.23. The van der Waals surface area contributed by atoms with Gasteiger partial charge in [-0.15, -0.1) is 0 Å². The first kappa shape index (κ1) is 11.5. The van der Waals surface area contributed by atoms with Crippen LogP contribution in [-0.2, 0) is 0 Å². The highest BCUT2D eigenvalue weighted by atomic mass is 19.1. The summed E-state index contributed by atoms with van der Waals surface area (Å²) in [6, 6.07) is 16.0. The molecule has 0 saturated carbocycles. The molecule has 0 radical (unpaired) electrons. The highest BCUT2D eigenvalue weighted by molar-refractivity contribution is 5.87. The van der Waals surface area contributed by atoms with Crippen LogP contribution < -0.4 is 5.73 Å². The molecule has 0 fully saturated rings. The SMILES string of the molecule is Nc1n[nH]c(-c2ccccc2)c1-c1ccc(F)cc1. The fraction of sp³-hybridized carbons (Fsp3) is 0. The Bertz CT molecular complexity index is 687. The van der Waals surface area contributed by atoms with Crippen molar-refractivity contribution in [2.75, 3.05) is 5.73 Å². The van der Waals surface area contributed by atoms with E-state index in [1.54, 1.807) is 12.1 Å². The van der Waals surface area contributed by atoms with Gasteiger partial charge in [0.15, 0.2) is 5.82 Å². The lowest BCUT2D eigenvalue weighted by molar-refractivity contribution is 0.628. The summed E-state index contributed by atoms with van der Waals surface area (Å²) in [5.74, 6) is 0.137. The number of nitrogens with two attached hydrogens (primary N) is 1. The molecule has 0 bridgehead atoms. The molecule has 0 aliphatic rings. The molecule has 3 rings (SSSR count). The van der Waals surface area contributed by atoms with Crippen LogP contribution in [0, 0.1) is 5.82 Å². The Kier molecular flexibility index (Phi) is 2.76. The monoisotopic (exact) mass is 253 g/mol. The van der Waals surface area contributed by atoms with E-state index in [-0.39, 0.29) is 5.82 Å². The van der Waals surface area contributed by atoms with Crippen molar-refractivity contribution in [3.8, 4) is 22.4 Å². The molecule has 0 aliphatic heterocycles. The minimum atomic E-state index is -0.271.